The van der Waals surface area contributed by atoms with Crippen molar-refractivity contribution in [2.24, 2.45) is 0 Å². The van der Waals surface area contributed by atoms with E-state index in [1.54, 1.807) is 0 Å². The van der Waals surface area contributed by atoms with Crippen LogP contribution in [0.25, 0.3) is 0 Å². The largest absolute Gasteiger partial charge is 0.336 e. The summed E-state index contributed by atoms with van der Waals surface area (Å²) in [6.07, 6.45) is 0.886. The smallest absolute Gasteiger partial charge is 0.319 e. The molecule has 0 aliphatic rings. The van der Waals surface area contributed by atoms with Crippen molar-refractivity contribution >= 4 is 27.6 Å². The molecule has 0 heterocycles. The van der Waals surface area contributed by atoms with E-state index in [1.807, 2.05) is 32.0 Å². The highest BCUT2D eigenvalue weighted by Gasteiger charge is 2.06. The first-order valence-corrected chi connectivity index (χ1v) is 6.18. The number of benzene rings is 1. The average Bonchev–Trinajstić information content (AvgIpc) is 2.19. The molecule has 2 amide bonds. The lowest BCUT2D eigenvalue weighted by Crippen LogP contribution is -2.34. The lowest BCUT2D eigenvalue weighted by atomic mass is 10.1. The van der Waals surface area contributed by atoms with Gasteiger partial charge in [0, 0.05) is 16.2 Å². The fourth-order valence-corrected chi connectivity index (χ4v) is 1.81. The Kier molecular flexibility index (Phi) is 4.80. The van der Waals surface area contributed by atoms with Crippen LogP contribution >= 0.6 is 15.9 Å². The van der Waals surface area contributed by atoms with Crippen LogP contribution in [-0.2, 0) is 6.42 Å². The second kappa shape index (κ2) is 5.89. The molecule has 16 heavy (non-hydrogen) atoms. The lowest BCUT2D eigenvalue weighted by Gasteiger charge is -2.13. The molecule has 0 unspecified atom stereocenters. The van der Waals surface area contributed by atoms with Crippen molar-refractivity contribution in [3.8, 4) is 0 Å². The molecule has 0 saturated heterocycles. The van der Waals surface area contributed by atoms with Gasteiger partial charge in [-0.2, -0.15) is 0 Å². The van der Waals surface area contributed by atoms with Gasteiger partial charge in [-0.25, -0.2) is 4.79 Å². The van der Waals surface area contributed by atoms with Gasteiger partial charge in [-0.1, -0.05) is 22.9 Å². The van der Waals surface area contributed by atoms with Crippen molar-refractivity contribution in [2.75, 3.05) is 5.32 Å². The monoisotopic (exact) mass is 284 g/mol. The molecule has 2 N–H and O–H groups in total. The van der Waals surface area contributed by atoms with Crippen molar-refractivity contribution in [3.05, 3.63) is 28.2 Å². The van der Waals surface area contributed by atoms with E-state index in [9.17, 15) is 4.79 Å². The zero-order chi connectivity index (χ0) is 12.1. The first kappa shape index (κ1) is 13.0. The number of rotatable bonds is 3. The molecule has 1 rings (SSSR count). The van der Waals surface area contributed by atoms with Gasteiger partial charge in [-0.15, -0.1) is 0 Å². The second-order valence-electron chi connectivity index (χ2n) is 3.91. The minimum absolute atomic E-state index is 0.139. The molecule has 0 fully saturated rings. The number of hydrogen-bond acceptors (Lipinski definition) is 1. The van der Waals surface area contributed by atoms with Gasteiger partial charge in [0.25, 0.3) is 0 Å². The number of halogens is 1. The Labute approximate surface area is 105 Å². The Morgan fingerprint density at radius 2 is 2.12 bits per heavy atom. The summed E-state index contributed by atoms with van der Waals surface area (Å²) >= 11 is 3.42. The van der Waals surface area contributed by atoms with Gasteiger partial charge < -0.3 is 10.6 Å². The summed E-state index contributed by atoms with van der Waals surface area (Å²) in [5, 5.41) is 5.64. The number of nitrogens with one attached hydrogen (secondary N) is 2. The Bertz CT molecular complexity index is 377. The Hall–Kier alpha value is -1.03. The van der Waals surface area contributed by atoms with Crippen LogP contribution in [0.1, 0.15) is 26.3 Å². The Morgan fingerprint density at radius 3 is 2.69 bits per heavy atom. The number of carbonyl (C=O) groups excluding carboxylic acids is 1. The Morgan fingerprint density at radius 1 is 1.44 bits per heavy atom. The third kappa shape index (κ3) is 3.85. The van der Waals surface area contributed by atoms with Gasteiger partial charge in [-0.3, -0.25) is 0 Å². The molecule has 1 aromatic rings. The van der Waals surface area contributed by atoms with E-state index >= 15 is 0 Å². The molecule has 0 aliphatic carbocycles. The van der Waals surface area contributed by atoms with Crippen LogP contribution in [0, 0.1) is 0 Å². The van der Waals surface area contributed by atoms with Gasteiger partial charge >= 0.3 is 6.03 Å². The number of carbonyl (C=O) groups is 1. The number of hydrogen-bond donors (Lipinski definition) is 2. The van der Waals surface area contributed by atoms with Crippen LogP contribution in [0.2, 0.25) is 0 Å². The summed E-state index contributed by atoms with van der Waals surface area (Å²) in [6.45, 7) is 5.93. The van der Waals surface area contributed by atoms with E-state index in [4.69, 9.17) is 0 Å². The summed E-state index contributed by atoms with van der Waals surface area (Å²) in [7, 11) is 0. The molecule has 0 atom stereocenters. The molecular formula is C12H17BrN2O. The van der Waals surface area contributed by atoms with E-state index < -0.39 is 0 Å². The van der Waals surface area contributed by atoms with E-state index in [0.717, 1.165) is 22.1 Å². The molecular weight excluding hydrogens is 268 g/mol. The predicted molar refractivity (Wildman–Crippen MR) is 70.8 cm³/mol. The maximum absolute atomic E-state index is 11.5. The molecule has 0 spiro atoms. The zero-order valence-electron chi connectivity index (χ0n) is 9.80. The first-order valence-electron chi connectivity index (χ1n) is 5.39. The minimum atomic E-state index is -0.160. The molecule has 88 valence electrons. The summed E-state index contributed by atoms with van der Waals surface area (Å²) in [5.74, 6) is 0. The molecule has 0 aliphatic heterocycles. The predicted octanol–water partition coefficient (Wildman–Crippen LogP) is 3.54. The number of anilines is 1. The van der Waals surface area contributed by atoms with Crippen LogP contribution in [0.3, 0.4) is 0 Å². The zero-order valence-corrected chi connectivity index (χ0v) is 11.4. The quantitative estimate of drug-likeness (QED) is 0.876. The lowest BCUT2D eigenvalue weighted by molar-refractivity contribution is 0.250. The van der Waals surface area contributed by atoms with Crippen LogP contribution in [0.5, 0.6) is 0 Å². The first-order chi connectivity index (χ1) is 7.52. The van der Waals surface area contributed by atoms with Gasteiger partial charge in [0.15, 0.2) is 0 Å². The fourth-order valence-electron chi connectivity index (χ4n) is 1.40. The van der Waals surface area contributed by atoms with E-state index in [1.165, 1.54) is 0 Å². The van der Waals surface area contributed by atoms with Crippen LogP contribution < -0.4 is 10.6 Å². The van der Waals surface area contributed by atoms with Crippen molar-refractivity contribution in [2.45, 2.75) is 33.2 Å². The molecule has 0 radical (unpaired) electrons. The van der Waals surface area contributed by atoms with E-state index in [0.29, 0.717) is 0 Å². The second-order valence-corrected chi connectivity index (χ2v) is 4.82. The average molecular weight is 285 g/mol. The van der Waals surface area contributed by atoms with E-state index in [-0.39, 0.29) is 12.1 Å². The third-order valence-corrected chi connectivity index (χ3v) is 2.61. The molecule has 3 nitrogen and oxygen atoms in total. The third-order valence-electron chi connectivity index (χ3n) is 2.12. The summed E-state index contributed by atoms with van der Waals surface area (Å²) in [6, 6.07) is 5.82. The summed E-state index contributed by atoms with van der Waals surface area (Å²) in [4.78, 5) is 11.5. The summed E-state index contributed by atoms with van der Waals surface area (Å²) in [5.41, 5.74) is 1.98. The fraction of sp³-hybridized carbons (Fsp3) is 0.417. The van der Waals surface area contributed by atoms with Gasteiger partial charge in [0.2, 0.25) is 0 Å². The standard InChI is InChI=1S/C12H17BrN2O/c1-4-9-7-10(13)5-6-11(9)15-12(16)14-8(2)3/h5-8H,4H2,1-3H3,(H2,14,15,16). The Balaban J connectivity index is 2.76. The maximum atomic E-state index is 11.5. The van der Waals surface area contributed by atoms with Crippen molar-refractivity contribution in [3.63, 3.8) is 0 Å². The highest BCUT2D eigenvalue weighted by molar-refractivity contribution is 9.10. The van der Waals surface area contributed by atoms with Gasteiger partial charge in [0.05, 0.1) is 0 Å². The molecule has 0 saturated carbocycles. The highest BCUT2D eigenvalue weighted by Crippen LogP contribution is 2.21. The highest BCUT2D eigenvalue weighted by atomic mass is 79.9. The molecule has 1 aromatic carbocycles. The summed E-state index contributed by atoms with van der Waals surface area (Å²) < 4.78 is 1.03. The topological polar surface area (TPSA) is 41.1 Å². The van der Waals surface area contributed by atoms with Crippen molar-refractivity contribution < 1.29 is 4.79 Å². The van der Waals surface area contributed by atoms with Crippen molar-refractivity contribution in [1.29, 1.82) is 0 Å². The van der Waals surface area contributed by atoms with Crippen LogP contribution in [0.15, 0.2) is 22.7 Å². The van der Waals surface area contributed by atoms with Gasteiger partial charge in [0.1, 0.15) is 0 Å². The maximum Gasteiger partial charge on any atom is 0.319 e. The van der Waals surface area contributed by atoms with Crippen LogP contribution in [0.4, 0.5) is 10.5 Å². The molecule has 0 aromatic heterocycles. The van der Waals surface area contributed by atoms with Crippen molar-refractivity contribution in [1.82, 2.24) is 5.32 Å². The van der Waals surface area contributed by atoms with E-state index in [2.05, 4.69) is 33.5 Å². The molecule has 4 heteroatoms. The number of amides is 2. The SMILES string of the molecule is CCc1cc(Br)ccc1NC(=O)NC(C)C. The van der Waals surface area contributed by atoms with Gasteiger partial charge in [-0.05, 0) is 44.0 Å². The van der Waals surface area contributed by atoms with Crippen LogP contribution in [-0.4, -0.2) is 12.1 Å². The normalized spacial score (nSPS) is 10.3. The molecule has 0 bridgehead atoms. The number of urea groups is 1. The minimum Gasteiger partial charge on any atom is -0.336 e. The number of aryl methyl sites for hydroxylation is 1.